The second kappa shape index (κ2) is 9.93. The molecule has 0 aliphatic heterocycles. The molecule has 2 atom stereocenters. The number of esters is 1. The van der Waals surface area contributed by atoms with Gasteiger partial charge < -0.3 is 4.74 Å². The first kappa shape index (κ1) is 16.9. The number of allylic oxidation sites excluding steroid dienone is 3. The molecule has 0 N–H and O–H groups in total. The molecule has 0 fully saturated rings. The predicted molar refractivity (Wildman–Crippen MR) is 77.4 cm³/mol. The predicted octanol–water partition coefficient (Wildman–Crippen LogP) is 4.66. The topological polar surface area (TPSA) is 26.3 Å². The van der Waals surface area contributed by atoms with Crippen LogP contribution in [0.4, 0.5) is 0 Å². The van der Waals surface area contributed by atoms with Crippen LogP contribution >= 0.6 is 0 Å². The summed E-state index contributed by atoms with van der Waals surface area (Å²) in [6, 6.07) is 0. The van der Waals surface area contributed by atoms with E-state index in [1.54, 1.807) is 0 Å². The van der Waals surface area contributed by atoms with Crippen LogP contribution < -0.4 is 0 Å². The first-order chi connectivity index (χ1) is 8.57. The van der Waals surface area contributed by atoms with Crippen LogP contribution in [0.2, 0.25) is 0 Å². The number of carbonyl (C=O) groups excluding carboxylic acids is 1. The number of hydrogen-bond acceptors (Lipinski definition) is 2. The summed E-state index contributed by atoms with van der Waals surface area (Å²) >= 11 is 0. The third kappa shape index (κ3) is 7.31. The van der Waals surface area contributed by atoms with Crippen molar-refractivity contribution >= 4 is 5.97 Å². The SMILES string of the molecule is C=C/C=C(\CC)CC(CC)CC(C)OC(=O)CC. The van der Waals surface area contributed by atoms with Gasteiger partial charge in [-0.25, -0.2) is 0 Å². The van der Waals surface area contributed by atoms with Crippen LogP contribution in [0.1, 0.15) is 59.8 Å². The standard InChI is InChI=1S/C16H28O2/c1-6-10-14(7-2)12-15(8-3)11-13(5)18-16(17)9-4/h6,10,13,15H,1,7-9,11-12H2,2-5H3/b14-10+. The number of carbonyl (C=O) groups is 1. The number of rotatable bonds is 9. The zero-order valence-electron chi connectivity index (χ0n) is 12.4. The minimum absolute atomic E-state index is 0.0178. The zero-order chi connectivity index (χ0) is 14.0. The van der Waals surface area contributed by atoms with Gasteiger partial charge in [0, 0.05) is 6.42 Å². The Hall–Kier alpha value is -1.05. The maximum absolute atomic E-state index is 11.2. The highest BCUT2D eigenvalue weighted by molar-refractivity contribution is 5.69. The molecule has 0 aromatic rings. The maximum atomic E-state index is 11.2. The van der Waals surface area contributed by atoms with Gasteiger partial charge in [-0.2, -0.15) is 0 Å². The Morgan fingerprint density at radius 2 is 1.94 bits per heavy atom. The van der Waals surface area contributed by atoms with Crippen LogP contribution in [0, 0.1) is 5.92 Å². The van der Waals surface area contributed by atoms with Crippen LogP contribution in [0.15, 0.2) is 24.3 Å². The molecular weight excluding hydrogens is 224 g/mol. The van der Waals surface area contributed by atoms with Gasteiger partial charge in [0.05, 0.1) is 6.10 Å². The first-order valence-corrected chi connectivity index (χ1v) is 7.07. The molecule has 2 nitrogen and oxygen atoms in total. The third-order valence-electron chi connectivity index (χ3n) is 3.22. The Morgan fingerprint density at radius 1 is 1.28 bits per heavy atom. The summed E-state index contributed by atoms with van der Waals surface area (Å²) in [5.41, 5.74) is 1.42. The van der Waals surface area contributed by atoms with E-state index in [4.69, 9.17) is 4.74 Å². The average Bonchev–Trinajstić information content (AvgIpc) is 2.36. The van der Waals surface area contributed by atoms with Crippen molar-refractivity contribution in [3.05, 3.63) is 24.3 Å². The van der Waals surface area contributed by atoms with Crippen molar-refractivity contribution in [2.45, 2.75) is 65.9 Å². The zero-order valence-corrected chi connectivity index (χ0v) is 12.4. The molecule has 0 rings (SSSR count). The Balaban J connectivity index is 4.29. The molecule has 0 aliphatic rings. The summed E-state index contributed by atoms with van der Waals surface area (Å²) < 4.78 is 5.33. The van der Waals surface area contributed by atoms with Gasteiger partial charge in [0.15, 0.2) is 0 Å². The van der Waals surface area contributed by atoms with Crippen LogP contribution in [-0.4, -0.2) is 12.1 Å². The molecule has 0 spiro atoms. The molecule has 0 radical (unpaired) electrons. The smallest absolute Gasteiger partial charge is 0.305 e. The van der Waals surface area contributed by atoms with E-state index in [1.165, 1.54) is 5.57 Å². The number of hydrogen-bond donors (Lipinski definition) is 0. The lowest BCUT2D eigenvalue weighted by molar-refractivity contribution is -0.148. The van der Waals surface area contributed by atoms with E-state index in [2.05, 4.69) is 26.5 Å². The lowest BCUT2D eigenvalue weighted by Gasteiger charge is -2.21. The highest BCUT2D eigenvalue weighted by Crippen LogP contribution is 2.23. The molecule has 104 valence electrons. The highest BCUT2D eigenvalue weighted by atomic mass is 16.5. The molecule has 0 saturated heterocycles. The van der Waals surface area contributed by atoms with Crippen molar-refractivity contribution < 1.29 is 9.53 Å². The van der Waals surface area contributed by atoms with Gasteiger partial charge in [0.2, 0.25) is 0 Å². The fourth-order valence-electron chi connectivity index (χ4n) is 2.09. The van der Waals surface area contributed by atoms with E-state index < -0.39 is 0 Å². The molecule has 0 bridgehead atoms. The minimum atomic E-state index is -0.102. The van der Waals surface area contributed by atoms with E-state index >= 15 is 0 Å². The fraction of sp³-hybridized carbons (Fsp3) is 0.688. The normalized spacial score (nSPS) is 15.0. The third-order valence-corrected chi connectivity index (χ3v) is 3.22. The minimum Gasteiger partial charge on any atom is -0.463 e. The van der Waals surface area contributed by atoms with Gasteiger partial charge in [0.25, 0.3) is 0 Å². The molecule has 0 aliphatic carbocycles. The molecule has 0 amide bonds. The molecule has 18 heavy (non-hydrogen) atoms. The van der Waals surface area contributed by atoms with Crippen LogP contribution in [0.5, 0.6) is 0 Å². The summed E-state index contributed by atoms with van der Waals surface area (Å²) in [5, 5.41) is 0. The van der Waals surface area contributed by atoms with Crippen LogP contribution in [0.3, 0.4) is 0 Å². The number of ether oxygens (including phenoxy) is 1. The molecule has 0 aromatic carbocycles. The van der Waals surface area contributed by atoms with Gasteiger partial charge in [-0.3, -0.25) is 4.79 Å². The Bertz CT molecular complexity index is 279. The second-order valence-electron chi connectivity index (χ2n) is 4.78. The van der Waals surface area contributed by atoms with Gasteiger partial charge in [-0.15, -0.1) is 0 Å². The van der Waals surface area contributed by atoms with Crippen molar-refractivity contribution in [2.75, 3.05) is 0 Å². The molecule has 2 heteroatoms. The molecule has 0 aromatic heterocycles. The van der Waals surface area contributed by atoms with E-state index in [9.17, 15) is 4.79 Å². The highest BCUT2D eigenvalue weighted by Gasteiger charge is 2.15. The van der Waals surface area contributed by atoms with Crippen molar-refractivity contribution in [1.82, 2.24) is 0 Å². The van der Waals surface area contributed by atoms with E-state index in [1.807, 2.05) is 19.9 Å². The molecule has 2 unspecified atom stereocenters. The van der Waals surface area contributed by atoms with E-state index in [0.29, 0.717) is 12.3 Å². The average molecular weight is 252 g/mol. The summed E-state index contributed by atoms with van der Waals surface area (Å²) in [6.07, 6.45) is 8.62. The van der Waals surface area contributed by atoms with Gasteiger partial charge >= 0.3 is 5.97 Å². The monoisotopic (exact) mass is 252 g/mol. The van der Waals surface area contributed by atoms with Gasteiger partial charge in [-0.05, 0) is 32.1 Å². The van der Waals surface area contributed by atoms with Crippen molar-refractivity contribution in [2.24, 2.45) is 5.92 Å². The Morgan fingerprint density at radius 3 is 2.39 bits per heavy atom. The summed E-state index contributed by atoms with van der Waals surface area (Å²) in [6.45, 7) is 11.9. The van der Waals surface area contributed by atoms with Crippen molar-refractivity contribution in [3.8, 4) is 0 Å². The first-order valence-electron chi connectivity index (χ1n) is 7.07. The largest absolute Gasteiger partial charge is 0.463 e. The summed E-state index contributed by atoms with van der Waals surface area (Å²) in [5.74, 6) is 0.477. The Labute approximate surface area is 112 Å². The van der Waals surface area contributed by atoms with Crippen molar-refractivity contribution in [3.63, 3.8) is 0 Å². The van der Waals surface area contributed by atoms with E-state index in [0.717, 1.165) is 25.7 Å². The fourth-order valence-corrected chi connectivity index (χ4v) is 2.09. The summed E-state index contributed by atoms with van der Waals surface area (Å²) in [4.78, 5) is 11.2. The second-order valence-corrected chi connectivity index (χ2v) is 4.78. The van der Waals surface area contributed by atoms with Crippen LogP contribution in [0.25, 0.3) is 0 Å². The molecular formula is C16H28O2. The summed E-state index contributed by atoms with van der Waals surface area (Å²) in [7, 11) is 0. The quantitative estimate of drug-likeness (QED) is 0.441. The van der Waals surface area contributed by atoms with Crippen LogP contribution in [-0.2, 0) is 9.53 Å². The van der Waals surface area contributed by atoms with Crippen molar-refractivity contribution in [1.29, 1.82) is 0 Å². The van der Waals surface area contributed by atoms with E-state index in [-0.39, 0.29) is 12.1 Å². The Kier molecular flexibility index (Phi) is 9.35. The molecule has 0 saturated carbocycles. The molecule has 0 heterocycles. The maximum Gasteiger partial charge on any atom is 0.305 e. The lowest BCUT2D eigenvalue weighted by atomic mass is 9.90. The van der Waals surface area contributed by atoms with Gasteiger partial charge in [0.1, 0.15) is 0 Å². The lowest BCUT2D eigenvalue weighted by Crippen LogP contribution is -2.18. The van der Waals surface area contributed by atoms with Gasteiger partial charge in [-0.1, -0.05) is 51.5 Å².